The Labute approximate surface area is 49.0 Å². The van der Waals surface area contributed by atoms with E-state index >= 15 is 0 Å². The minimum absolute atomic E-state index is 1.08. The van der Waals surface area contributed by atoms with E-state index in [0.29, 0.717) is 0 Å². The molecule has 0 spiro atoms. The first-order valence-electron chi connectivity index (χ1n) is 3.12. The Morgan fingerprint density at radius 1 is 1.25 bits per heavy atom. The molecule has 2 N–H and O–H groups in total. The molecular weight excluding hydrogens is 100 g/mol. The molecule has 2 aliphatic heterocycles. The molecule has 0 radical (unpaired) electrons. The topological polar surface area (TPSA) is 24.1 Å². The monoisotopic (exact) mass is 110 g/mol. The highest BCUT2D eigenvalue weighted by Gasteiger charge is 2.17. The first kappa shape index (κ1) is 4.39. The fourth-order valence-corrected chi connectivity index (χ4v) is 1.22. The number of hydrogen-bond donors (Lipinski definition) is 2. The summed E-state index contributed by atoms with van der Waals surface area (Å²) >= 11 is 0. The van der Waals surface area contributed by atoms with Gasteiger partial charge in [-0.3, -0.25) is 0 Å². The maximum atomic E-state index is 3.30. The minimum atomic E-state index is 1.08. The first-order valence-corrected chi connectivity index (χ1v) is 3.12. The standard InChI is InChI=1S/C6H10N2/c1-2-7-4-6-5(1)3-8-6/h7-8H,1-4H2. The molecule has 2 heteroatoms. The quantitative estimate of drug-likeness (QED) is 0.452. The molecule has 0 unspecified atom stereocenters. The maximum absolute atomic E-state index is 3.30. The van der Waals surface area contributed by atoms with Gasteiger partial charge in [0.1, 0.15) is 0 Å². The van der Waals surface area contributed by atoms with Gasteiger partial charge in [0, 0.05) is 18.8 Å². The highest BCUT2D eigenvalue weighted by atomic mass is 15.0. The molecule has 2 aliphatic rings. The van der Waals surface area contributed by atoms with Gasteiger partial charge in [-0.25, -0.2) is 0 Å². The fourth-order valence-electron chi connectivity index (χ4n) is 1.22. The summed E-state index contributed by atoms with van der Waals surface area (Å²) in [6.45, 7) is 3.41. The molecule has 0 amide bonds. The van der Waals surface area contributed by atoms with E-state index in [2.05, 4.69) is 10.6 Å². The molecule has 0 bridgehead atoms. The Hall–Kier alpha value is -0.500. The summed E-state index contributed by atoms with van der Waals surface area (Å²) in [5.41, 5.74) is 3.10. The summed E-state index contributed by atoms with van der Waals surface area (Å²) in [5, 5.41) is 6.56. The summed E-state index contributed by atoms with van der Waals surface area (Å²) in [5.74, 6) is 0. The molecule has 0 saturated heterocycles. The van der Waals surface area contributed by atoms with Gasteiger partial charge in [0.25, 0.3) is 0 Å². The third kappa shape index (κ3) is 0.464. The molecule has 0 aromatic rings. The van der Waals surface area contributed by atoms with Crippen molar-refractivity contribution in [1.82, 2.24) is 10.6 Å². The van der Waals surface area contributed by atoms with Crippen LogP contribution in [-0.4, -0.2) is 19.6 Å². The molecule has 0 aliphatic carbocycles. The Kier molecular flexibility index (Phi) is 0.815. The smallest absolute Gasteiger partial charge is 0.0378 e. The van der Waals surface area contributed by atoms with Gasteiger partial charge in [0.05, 0.1) is 0 Å². The van der Waals surface area contributed by atoms with Crippen molar-refractivity contribution in [3.63, 3.8) is 0 Å². The molecule has 2 heterocycles. The van der Waals surface area contributed by atoms with Gasteiger partial charge in [-0.15, -0.1) is 0 Å². The van der Waals surface area contributed by atoms with E-state index < -0.39 is 0 Å². The van der Waals surface area contributed by atoms with Gasteiger partial charge in [-0.1, -0.05) is 0 Å². The Bertz CT molecular complexity index is 121. The van der Waals surface area contributed by atoms with Crippen molar-refractivity contribution in [2.24, 2.45) is 0 Å². The molecule has 0 aromatic heterocycles. The highest BCUT2D eigenvalue weighted by Crippen LogP contribution is 2.16. The minimum Gasteiger partial charge on any atom is -0.383 e. The Morgan fingerprint density at radius 2 is 2.25 bits per heavy atom. The van der Waals surface area contributed by atoms with Crippen LogP contribution in [0.3, 0.4) is 0 Å². The normalized spacial score (nSPS) is 26.0. The van der Waals surface area contributed by atoms with Gasteiger partial charge in [-0.2, -0.15) is 0 Å². The zero-order valence-corrected chi connectivity index (χ0v) is 4.83. The van der Waals surface area contributed by atoms with Crippen molar-refractivity contribution in [2.75, 3.05) is 19.6 Å². The predicted molar refractivity (Wildman–Crippen MR) is 32.5 cm³/mol. The molecule has 8 heavy (non-hydrogen) atoms. The van der Waals surface area contributed by atoms with Crippen molar-refractivity contribution in [2.45, 2.75) is 6.42 Å². The van der Waals surface area contributed by atoms with Crippen molar-refractivity contribution < 1.29 is 0 Å². The predicted octanol–water partition coefficient (Wildman–Crippen LogP) is -0.163. The summed E-state index contributed by atoms with van der Waals surface area (Å²) < 4.78 is 0. The van der Waals surface area contributed by atoms with Crippen LogP contribution in [0.5, 0.6) is 0 Å². The lowest BCUT2D eigenvalue weighted by atomic mass is 10.0. The largest absolute Gasteiger partial charge is 0.383 e. The van der Waals surface area contributed by atoms with Gasteiger partial charge in [0.2, 0.25) is 0 Å². The van der Waals surface area contributed by atoms with Crippen molar-refractivity contribution in [3.8, 4) is 0 Å². The lowest BCUT2D eigenvalue weighted by molar-refractivity contribution is 0.564. The van der Waals surface area contributed by atoms with Crippen molar-refractivity contribution in [1.29, 1.82) is 0 Å². The van der Waals surface area contributed by atoms with E-state index in [1.807, 2.05) is 0 Å². The number of hydrogen-bond acceptors (Lipinski definition) is 2. The SMILES string of the molecule is C1CC2=C(CN1)NC2. The zero-order chi connectivity index (χ0) is 5.40. The number of nitrogens with one attached hydrogen (secondary N) is 2. The molecule has 0 saturated carbocycles. The molecule has 0 aromatic carbocycles. The van der Waals surface area contributed by atoms with E-state index in [9.17, 15) is 0 Å². The van der Waals surface area contributed by atoms with Crippen molar-refractivity contribution in [3.05, 3.63) is 11.3 Å². The molecule has 0 atom stereocenters. The van der Waals surface area contributed by atoms with Crippen LogP contribution in [0, 0.1) is 0 Å². The van der Waals surface area contributed by atoms with Gasteiger partial charge in [0.15, 0.2) is 0 Å². The van der Waals surface area contributed by atoms with Gasteiger partial charge < -0.3 is 10.6 Å². The maximum Gasteiger partial charge on any atom is 0.0378 e. The van der Waals surface area contributed by atoms with E-state index in [-0.39, 0.29) is 0 Å². The van der Waals surface area contributed by atoms with Crippen LogP contribution in [0.15, 0.2) is 11.3 Å². The molecule has 44 valence electrons. The molecule has 0 fully saturated rings. The third-order valence-corrected chi connectivity index (χ3v) is 1.85. The lowest BCUT2D eigenvalue weighted by Gasteiger charge is -2.30. The van der Waals surface area contributed by atoms with Crippen LogP contribution in [0.2, 0.25) is 0 Å². The van der Waals surface area contributed by atoms with Crippen molar-refractivity contribution >= 4 is 0 Å². The Morgan fingerprint density at radius 3 is 2.62 bits per heavy atom. The van der Waals surface area contributed by atoms with Crippen LogP contribution in [0.25, 0.3) is 0 Å². The van der Waals surface area contributed by atoms with E-state index in [4.69, 9.17) is 0 Å². The second-order valence-corrected chi connectivity index (χ2v) is 2.36. The van der Waals surface area contributed by atoms with Crippen LogP contribution in [0.4, 0.5) is 0 Å². The summed E-state index contributed by atoms with van der Waals surface area (Å²) in [7, 11) is 0. The number of rotatable bonds is 0. The third-order valence-electron chi connectivity index (χ3n) is 1.85. The average Bonchev–Trinajstić information content (AvgIpc) is 1.72. The summed E-state index contributed by atoms with van der Waals surface area (Å²) in [6, 6.07) is 0. The Balaban J connectivity index is 2.18. The second kappa shape index (κ2) is 1.49. The van der Waals surface area contributed by atoms with Crippen LogP contribution in [0.1, 0.15) is 6.42 Å². The zero-order valence-electron chi connectivity index (χ0n) is 4.83. The summed E-state index contributed by atoms with van der Waals surface area (Å²) in [4.78, 5) is 0. The fraction of sp³-hybridized carbons (Fsp3) is 0.667. The summed E-state index contributed by atoms with van der Waals surface area (Å²) in [6.07, 6.45) is 1.27. The van der Waals surface area contributed by atoms with E-state index in [1.165, 1.54) is 18.7 Å². The molecule has 2 rings (SSSR count). The lowest BCUT2D eigenvalue weighted by Crippen LogP contribution is -2.41. The average molecular weight is 110 g/mol. The van der Waals surface area contributed by atoms with Gasteiger partial charge >= 0.3 is 0 Å². The van der Waals surface area contributed by atoms with Crippen LogP contribution in [-0.2, 0) is 0 Å². The molecule has 2 nitrogen and oxygen atoms in total. The van der Waals surface area contributed by atoms with Crippen LogP contribution < -0.4 is 10.6 Å². The second-order valence-electron chi connectivity index (χ2n) is 2.36. The van der Waals surface area contributed by atoms with Gasteiger partial charge in [-0.05, 0) is 18.5 Å². The highest BCUT2D eigenvalue weighted by molar-refractivity contribution is 5.27. The van der Waals surface area contributed by atoms with E-state index in [1.54, 1.807) is 5.57 Å². The van der Waals surface area contributed by atoms with E-state index in [0.717, 1.165) is 13.1 Å². The molecular formula is C6H10N2. The first-order chi connectivity index (χ1) is 3.97. The van der Waals surface area contributed by atoms with Crippen LogP contribution >= 0.6 is 0 Å².